The monoisotopic (exact) mass is 496 g/mol. The van der Waals surface area contributed by atoms with Crippen molar-refractivity contribution in [3.8, 4) is 5.75 Å². The number of anilines is 1. The second-order valence-corrected chi connectivity index (χ2v) is 9.32. The first-order chi connectivity index (χ1) is 14.3. The lowest BCUT2D eigenvalue weighted by molar-refractivity contribution is 0.0956. The lowest BCUT2D eigenvalue weighted by Gasteiger charge is -2.33. The molecule has 2 heterocycles. The minimum absolute atomic E-state index is 0.107. The van der Waals surface area contributed by atoms with Crippen LogP contribution >= 0.6 is 15.9 Å². The number of rotatable bonds is 6. The molecule has 1 amide bonds. The van der Waals surface area contributed by atoms with Crippen molar-refractivity contribution in [2.24, 2.45) is 0 Å². The van der Waals surface area contributed by atoms with Gasteiger partial charge in [-0.15, -0.1) is 0 Å². The predicted molar refractivity (Wildman–Crippen MR) is 113 cm³/mol. The van der Waals surface area contributed by atoms with Gasteiger partial charge < -0.3 is 14.1 Å². The van der Waals surface area contributed by atoms with Crippen LogP contribution in [0, 0.1) is 5.82 Å². The highest BCUT2D eigenvalue weighted by molar-refractivity contribution is 9.10. The molecule has 1 aliphatic heterocycles. The standard InChI is InChI=1S/C20H18BrFN2O5S/c1-2-28-16-5-4-12(21)8-19(16)30(26,27)23-20(25)18-11-14-15(22)9-13(10-17(14)29-18)24-6-3-7-24/h4-5,8-11H,2-3,6-7H2,1H3,(H,23,25). The molecule has 0 saturated carbocycles. The maximum Gasteiger partial charge on any atom is 0.300 e. The normalized spacial score (nSPS) is 13.9. The highest BCUT2D eigenvalue weighted by Gasteiger charge is 2.26. The van der Waals surface area contributed by atoms with Gasteiger partial charge >= 0.3 is 5.91 Å². The van der Waals surface area contributed by atoms with Gasteiger partial charge in [-0.05, 0) is 37.6 Å². The van der Waals surface area contributed by atoms with Crippen LogP contribution in [0.3, 0.4) is 0 Å². The van der Waals surface area contributed by atoms with E-state index in [9.17, 15) is 17.6 Å². The summed E-state index contributed by atoms with van der Waals surface area (Å²) in [5, 5.41) is 0.110. The van der Waals surface area contributed by atoms with E-state index < -0.39 is 21.7 Å². The zero-order chi connectivity index (χ0) is 21.5. The van der Waals surface area contributed by atoms with Crippen molar-refractivity contribution in [1.82, 2.24) is 4.72 Å². The van der Waals surface area contributed by atoms with Gasteiger partial charge in [-0.2, -0.15) is 0 Å². The number of nitrogens with one attached hydrogen (secondary N) is 1. The second kappa shape index (κ2) is 7.92. The average molecular weight is 497 g/mol. The number of halogens is 2. The third kappa shape index (κ3) is 3.89. The zero-order valence-electron chi connectivity index (χ0n) is 15.9. The average Bonchev–Trinajstić information content (AvgIpc) is 3.06. The van der Waals surface area contributed by atoms with E-state index in [4.69, 9.17) is 9.15 Å². The van der Waals surface area contributed by atoms with Crippen LogP contribution in [0.2, 0.25) is 0 Å². The number of benzene rings is 2. The van der Waals surface area contributed by atoms with Crippen LogP contribution in [0.25, 0.3) is 11.0 Å². The Kier molecular flexibility index (Phi) is 5.46. The van der Waals surface area contributed by atoms with Crippen molar-refractivity contribution < 1.29 is 26.8 Å². The van der Waals surface area contributed by atoms with Crippen LogP contribution in [0.5, 0.6) is 5.75 Å². The molecule has 1 aromatic heterocycles. The third-order valence-electron chi connectivity index (χ3n) is 4.74. The number of hydrogen-bond donors (Lipinski definition) is 1. The Morgan fingerprint density at radius 3 is 2.70 bits per heavy atom. The number of amides is 1. The minimum Gasteiger partial charge on any atom is -0.492 e. The fourth-order valence-corrected chi connectivity index (χ4v) is 4.79. The zero-order valence-corrected chi connectivity index (χ0v) is 18.3. The minimum atomic E-state index is -4.26. The number of ether oxygens (including phenoxy) is 1. The van der Waals surface area contributed by atoms with Gasteiger partial charge in [0.05, 0.1) is 12.0 Å². The Hall–Kier alpha value is -2.59. The van der Waals surface area contributed by atoms with Crippen molar-refractivity contribution in [2.75, 3.05) is 24.6 Å². The molecule has 7 nitrogen and oxygen atoms in total. The number of fused-ring (bicyclic) bond motifs is 1. The van der Waals surface area contributed by atoms with Crippen molar-refractivity contribution in [3.05, 3.63) is 52.4 Å². The maximum absolute atomic E-state index is 14.5. The van der Waals surface area contributed by atoms with Gasteiger partial charge in [0.25, 0.3) is 10.0 Å². The van der Waals surface area contributed by atoms with E-state index in [0.29, 0.717) is 10.2 Å². The second-order valence-electron chi connectivity index (χ2n) is 6.75. The first-order valence-electron chi connectivity index (χ1n) is 9.26. The van der Waals surface area contributed by atoms with Gasteiger partial charge in [-0.1, -0.05) is 15.9 Å². The maximum atomic E-state index is 14.5. The van der Waals surface area contributed by atoms with Crippen LogP contribution in [-0.4, -0.2) is 34.0 Å². The SMILES string of the molecule is CCOc1ccc(Br)cc1S(=O)(=O)NC(=O)c1cc2c(F)cc(N3CCC3)cc2o1. The predicted octanol–water partition coefficient (Wildman–Crippen LogP) is 4.06. The van der Waals surface area contributed by atoms with Gasteiger partial charge in [0.1, 0.15) is 22.0 Å². The van der Waals surface area contributed by atoms with E-state index in [-0.39, 0.29) is 34.0 Å². The Labute approximate surface area is 181 Å². The molecule has 1 N–H and O–H groups in total. The molecule has 158 valence electrons. The molecule has 0 bridgehead atoms. The Morgan fingerprint density at radius 2 is 2.03 bits per heavy atom. The van der Waals surface area contributed by atoms with E-state index >= 15 is 0 Å². The fourth-order valence-electron chi connectivity index (χ4n) is 3.15. The summed E-state index contributed by atoms with van der Waals surface area (Å²) in [6.07, 6.45) is 1.03. The number of sulfonamides is 1. The summed E-state index contributed by atoms with van der Waals surface area (Å²) in [7, 11) is -4.26. The van der Waals surface area contributed by atoms with E-state index in [2.05, 4.69) is 15.9 Å². The molecule has 1 aliphatic rings. The summed E-state index contributed by atoms with van der Waals surface area (Å²) < 4.78 is 53.3. The van der Waals surface area contributed by atoms with Crippen molar-refractivity contribution in [3.63, 3.8) is 0 Å². The Morgan fingerprint density at radius 1 is 1.27 bits per heavy atom. The van der Waals surface area contributed by atoms with Crippen molar-refractivity contribution >= 4 is 48.5 Å². The summed E-state index contributed by atoms with van der Waals surface area (Å²) in [4.78, 5) is 14.4. The van der Waals surface area contributed by atoms with E-state index in [0.717, 1.165) is 19.5 Å². The molecule has 0 spiro atoms. The number of furan rings is 1. The number of carbonyl (C=O) groups excluding carboxylic acids is 1. The molecule has 30 heavy (non-hydrogen) atoms. The van der Waals surface area contributed by atoms with Gasteiger partial charge in [-0.25, -0.2) is 17.5 Å². The molecule has 0 aliphatic carbocycles. The molecule has 1 saturated heterocycles. The summed E-state index contributed by atoms with van der Waals surface area (Å²) >= 11 is 3.21. The molecule has 0 radical (unpaired) electrons. The van der Waals surface area contributed by atoms with E-state index in [1.165, 1.54) is 24.3 Å². The van der Waals surface area contributed by atoms with Crippen LogP contribution in [0.1, 0.15) is 23.9 Å². The number of hydrogen-bond acceptors (Lipinski definition) is 6. The first-order valence-corrected chi connectivity index (χ1v) is 11.5. The van der Waals surface area contributed by atoms with Crippen LogP contribution in [0.4, 0.5) is 10.1 Å². The molecule has 3 aromatic rings. The number of carbonyl (C=O) groups is 1. The Bertz CT molecular complexity index is 1240. The molecule has 4 rings (SSSR count). The molecular formula is C20H18BrFN2O5S. The summed E-state index contributed by atoms with van der Waals surface area (Å²) in [5.41, 5.74) is 0.840. The largest absolute Gasteiger partial charge is 0.492 e. The fraction of sp³-hybridized carbons (Fsp3) is 0.250. The smallest absolute Gasteiger partial charge is 0.300 e. The molecule has 0 atom stereocenters. The summed E-state index contributed by atoms with van der Waals surface area (Å²) in [6, 6.07) is 8.66. The van der Waals surface area contributed by atoms with Gasteiger partial charge in [0, 0.05) is 35.4 Å². The molecular weight excluding hydrogens is 479 g/mol. The van der Waals surface area contributed by atoms with Crippen molar-refractivity contribution in [2.45, 2.75) is 18.2 Å². The number of nitrogens with zero attached hydrogens (tertiary/aromatic N) is 1. The van der Waals surface area contributed by atoms with Crippen molar-refractivity contribution in [1.29, 1.82) is 0 Å². The first kappa shape index (κ1) is 20.7. The van der Waals surface area contributed by atoms with E-state index in [1.807, 2.05) is 9.62 Å². The lowest BCUT2D eigenvalue weighted by Crippen LogP contribution is -2.36. The van der Waals surface area contributed by atoms with Crippen LogP contribution < -0.4 is 14.4 Å². The van der Waals surface area contributed by atoms with Gasteiger partial charge in [0.15, 0.2) is 5.76 Å². The van der Waals surface area contributed by atoms with Crippen LogP contribution in [-0.2, 0) is 10.0 Å². The Balaban J connectivity index is 1.64. The van der Waals surface area contributed by atoms with Gasteiger partial charge in [-0.3, -0.25) is 4.79 Å². The molecule has 1 fully saturated rings. The highest BCUT2D eigenvalue weighted by atomic mass is 79.9. The lowest BCUT2D eigenvalue weighted by atomic mass is 10.1. The molecule has 10 heteroatoms. The summed E-state index contributed by atoms with van der Waals surface area (Å²) in [6.45, 7) is 3.62. The molecule has 2 aromatic carbocycles. The quantitative estimate of drug-likeness (QED) is 0.553. The third-order valence-corrected chi connectivity index (χ3v) is 6.58. The molecule has 0 unspecified atom stereocenters. The van der Waals surface area contributed by atoms with Crippen LogP contribution in [0.15, 0.2) is 50.2 Å². The topological polar surface area (TPSA) is 88.8 Å². The summed E-state index contributed by atoms with van der Waals surface area (Å²) in [5.74, 6) is -1.73. The highest BCUT2D eigenvalue weighted by Crippen LogP contribution is 2.31. The van der Waals surface area contributed by atoms with Gasteiger partial charge in [0.2, 0.25) is 0 Å². The van der Waals surface area contributed by atoms with E-state index in [1.54, 1.807) is 19.1 Å².